The van der Waals surface area contributed by atoms with Crippen LogP contribution in [0.3, 0.4) is 0 Å². The Kier molecular flexibility index (Phi) is 4.93. The minimum atomic E-state index is 0.555. The zero-order chi connectivity index (χ0) is 10.6. The van der Waals surface area contributed by atoms with Gasteiger partial charge >= 0.3 is 0 Å². The Morgan fingerprint density at radius 2 is 2.14 bits per heavy atom. The van der Waals surface area contributed by atoms with E-state index < -0.39 is 0 Å². The lowest BCUT2D eigenvalue weighted by molar-refractivity contribution is 0.192. The molecular formula is C11H21ClN2. The Hall–Kier alpha value is -0.0500. The first-order valence-corrected chi connectivity index (χ1v) is 5.72. The van der Waals surface area contributed by atoms with Crippen LogP contribution in [-0.4, -0.2) is 37.6 Å². The molecule has 0 amide bonds. The van der Waals surface area contributed by atoms with Crippen molar-refractivity contribution >= 4 is 11.6 Å². The highest BCUT2D eigenvalue weighted by atomic mass is 35.5. The molecule has 1 aliphatic heterocycles. The predicted molar refractivity (Wildman–Crippen MR) is 62.7 cm³/mol. The lowest BCUT2D eigenvalue weighted by atomic mass is 9.90. The first-order valence-electron chi connectivity index (χ1n) is 5.35. The molecule has 1 atom stereocenters. The van der Waals surface area contributed by atoms with E-state index in [0.29, 0.717) is 11.1 Å². The van der Waals surface area contributed by atoms with E-state index in [1.807, 2.05) is 0 Å². The summed E-state index contributed by atoms with van der Waals surface area (Å²) in [5.74, 6) is 0.794. The van der Waals surface area contributed by atoms with Crippen molar-refractivity contribution in [3.05, 3.63) is 11.6 Å². The third-order valence-electron chi connectivity index (χ3n) is 3.09. The maximum Gasteiger partial charge on any atom is 0.0310 e. The lowest BCUT2D eigenvalue weighted by Gasteiger charge is -2.33. The van der Waals surface area contributed by atoms with Crippen molar-refractivity contribution in [1.82, 2.24) is 10.2 Å². The number of hydrogen-bond acceptors (Lipinski definition) is 2. The molecule has 14 heavy (non-hydrogen) atoms. The fourth-order valence-corrected chi connectivity index (χ4v) is 2.04. The Morgan fingerprint density at radius 1 is 1.57 bits per heavy atom. The third-order valence-corrected chi connectivity index (χ3v) is 3.22. The number of rotatable bonds is 4. The normalized spacial score (nSPS) is 22.2. The summed E-state index contributed by atoms with van der Waals surface area (Å²) in [6.45, 7) is 9.10. The number of halogens is 1. The van der Waals surface area contributed by atoms with Gasteiger partial charge in [0.2, 0.25) is 0 Å². The highest BCUT2D eigenvalue weighted by Gasteiger charge is 2.21. The van der Waals surface area contributed by atoms with Crippen LogP contribution in [0.1, 0.15) is 19.8 Å². The van der Waals surface area contributed by atoms with Crippen LogP contribution < -0.4 is 5.32 Å². The molecular weight excluding hydrogens is 196 g/mol. The summed E-state index contributed by atoms with van der Waals surface area (Å²) in [4.78, 5) is 2.39. The quantitative estimate of drug-likeness (QED) is 0.774. The van der Waals surface area contributed by atoms with Gasteiger partial charge in [-0.15, -0.1) is 0 Å². The summed E-state index contributed by atoms with van der Waals surface area (Å²) in [5, 5.41) is 4.12. The van der Waals surface area contributed by atoms with Gasteiger partial charge < -0.3 is 10.2 Å². The lowest BCUT2D eigenvalue weighted by Crippen LogP contribution is -2.41. The first kappa shape index (κ1) is 12.0. The summed E-state index contributed by atoms with van der Waals surface area (Å²) < 4.78 is 0. The standard InChI is InChI=1S/C11H21ClN2/c1-9(12)8-13-10(2)11-4-6-14(3)7-5-11/h10-11,13H,1,4-8H2,2-3H3. The molecule has 0 aromatic carbocycles. The molecule has 0 aliphatic carbocycles. The van der Waals surface area contributed by atoms with Gasteiger partial charge in [-0.2, -0.15) is 0 Å². The topological polar surface area (TPSA) is 15.3 Å². The summed E-state index contributed by atoms with van der Waals surface area (Å²) >= 11 is 5.72. The number of nitrogens with one attached hydrogen (secondary N) is 1. The van der Waals surface area contributed by atoms with Crippen LogP contribution in [0.4, 0.5) is 0 Å². The minimum absolute atomic E-state index is 0.555. The third kappa shape index (κ3) is 3.99. The Morgan fingerprint density at radius 3 is 2.64 bits per heavy atom. The molecule has 0 spiro atoms. The molecule has 2 nitrogen and oxygen atoms in total. The molecule has 1 saturated heterocycles. The van der Waals surface area contributed by atoms with Crippen molar-refractivity contribution < 1.29 is 0 Å². The maximum absolute atomic E-state index is 5.72. The van der Waals surface area contributed by atoms with Crippen LogP contribution in [-0.2, 0) is 0 Å². The van der Waals surface area contributed by atoms with Crippen LogP contribution in [0.25, 0.3) is 0 Å². The zero-order valence-corrected chi connectivity index (χ0v) is 9.98. The molecule has 1 heterocycles. The fourth-order valence-electron chi connectivity index (χ4n) is 1.97. The molecule has 0 bridgehead atoms. The van der Waals surface area contributed by atoms with Gasteiger partial charge in [-0.1, -0.05) is 18.2 Å². The molecule has 1 aliphatic rings. The van der Waals surface area contributed by atoms with E-state index in [-0.39, 0.29) is 0 Å². The molecule has 0 aromatic heterocycles. The average Bonchev–Trinajstić information content (AvgIpc) is 2.15. The number of likely N-dealkylation sites (tertiary alicyclic amines) is 1. The molecule has 1 rings (SSSR count). The van der Waals surface area contributed by atoms with Gasteiger partial charge in [0.1, 0.15) is 0 Å². The molecule has 3 heteroatoms. The Labute approximate surface area is 92.3 Å². The van der Waals surface area contributed by atoms with Gasteiger partial charge in [-0.05, 0) is 45.8 Å². The monoisotopic (exact) mass is 216 g/mol. The Bertz CT molecular complexity index is 186. The van der Waals surface area contributed by atoms with Crippen molar-refractivity contribution in [3.8, 4) is 0 Å². The highest BCUT2D eigenvalue weighted by Crippen LogP contribution is 2.19. The van der Waals surface area contributed by atoms with Crippen LogP contribution in [0.2, 0.25) is 0 Å². The largest absolute Gasteiger partial charge is 0.309 e. The summed E-state index contributed by atoms with van der Waals surface area (Å²) in [6.07, 6.45) is 2.58. The van der Waals surface area contributed by atoms with E-state index in [0.717, 1.165) is 12.5 Å². The van der Waals surface area contributed by atoms with Crippen molar-refractivity contribution in [2.24, 2.45) is 5.92 Å². The van der Waals surface area contributed by atoms with Crippen molar-refractivity contribution in [2.75, 3.05) is 26.7 Å². The van der Waals surface area contributed by atoms with E-state index in [1.54, 1.807) is 0 Å². The predicted octanol–water partition coefficient (Wildman–Crippen LogP) is 2.06. The van der Waals surface area contributed by atoms with E-state index in [9.17, 15) is 0 Å². The SMILES string of the molecule is C=C(Cl)CNC(C)C1CCN(C)CC1. The summed E-state index contributed by atoms with van der Waals surface area (Å²) in [6, 6.07) is 0.555. The van der Waals surface area contributed by atoms with Crippen LogP contribution in [0.5, 0.6) is 0 Å². The maximum atomic E-state index is 5.72. The van der Waals surface area contributed by atoms with Gasteiger partial charge in [0.25, 0.3) is 0 Å². The second-order valence-corrected chi connectivity index (χ2v) is 4.86. The number of hydrogen-bond donors (Lipinski definition) is 1. The number of nitrogens with zero attached hydrogens (tertiary/aromatic N) is 1. The zero-order valence-electron chi connectivity index (χ0n) is 9.22. The first-order chi connectivity index (χ1) is 6.59. The summed E-state index contributed by atoms with van der Waals surface area (Å²) in [5.41, 5.74) is 0. The molecule has 0 radical (unpaired) electrons. The van der Waals surface area contributed by atoms with Gasteiger partial charge in [0.05, 0.1) is 0 Å². The minimum Gasteiger partial charge on any atom is -0.309 e. The smallest absolute Gasteiger partial charge is 0.0310 e. The van der Waals surface area contributed by atoms with Crippen LogP contribution in [0.15, 0.2) is 11.6 Å². The van der Waals surface area contributed by atoms with E-state index in [4.69, 9.17) is 11.6 Å². The summed E-state index contributed by atoms with van der Waals surface area (Å²) in [7, 11) is 2.19. The van der Waals surface area contributed by atoms with Gasteiger partial charge in [0.15, 0.2) is 0 Å². The molecule has 1 N–H and O–H groups in total. The molecule has 0 saturated carbocycles. The second kappa shape index (κ2) is 5.74. The van der Waals surface area contributed by atoms with E-state index in [1.165, 1.54) is 25.9 Å². The van der Waals surface area contributed by atoms with Crippen molar-refractivity contribution in [3.63, 3.8) is 0 Å². The second-order valence-electron chi connectivity index (χ2n) is 4.33. The molecule has 1 fully saturated rings. The van der Waals surface area contributed by atoms with Gasteiger partial charge in [0, 0.05) is 17.6 Å². The number of piperidine rings is 1. The molecule has 1 unspecified atom stereocenters. The van der Waals surface area contributed by atoms with Gasteiger partial charge in [-0.3, -0.25) is 0 Å². The average molecular weight is 217 g/mol. The fraction of sp³-hybridized carbons (Fsp3) is 0.818. The van der Waals surface area contributed by atoms with Crippen LogP contribution >= 0.6 is 11.6 Å². The van der Waals surface area contributed by atoms with Crippen LogP contribution in [0, 0.1) is 5.92 Å². The van der Waals surface area contributed by atoms with E-state index >= 15 is 0 Å². The van der Waals surface area contributed by atoms with E-state index in [2.05, 4.69) is 30.8 Å². The van der Waals surface area contributed by atoms with Gasteiger partial charge in [-0.25, -0.2) is 0 Å². The van der Waals surface area contributed by atoms with Crippen molar-refractivity contribution in [1.29, 1.82) is 0 Å². The highest BCUT2D eigenvalue weighted by molar-refractivity contribution is 6.29. The molecule has 0 aromatic rings. The molecule has 82 valence electrons. The van der Waals surface area contributed by atoms with Crippen molar-refractivity contribution in [2.45, 2.75) is 25.8 Å². The Balaban J connectivity index is 2.23.